The van der Waals surface area contributed by atoms with Gasteiger partial charge in [0.05, 0.1) is 17.4 Å². The van der Waals surface area contributed by atoms with Crippen LogP contribution in [0.15, 0.2) is 24.5 Å². The molecular formula is C18H22N4O3. The number of benzene rings is 1. The number of aromatic amines is 1. The molecule has 0 saturated carbocycles. The number of nitrogens with one attached hydrogen (secondary N) is 2. The highest BCUT2D eigenvalue weighted by Gasteiger charge is 2.28. The van der Waals surface area contributed by atoms with Crippen molar-refractivity contribution in [2.75, 3.05) is 19.7 Å². The minimum Gasteiger partial charge on any atom is -0.368 e. The summed E-state index contributed by atoms with van der Waals surface area (Å²) in [6.45, 7) is 1.97. The van der Waals surface area contributed by atoms with Gasteiger partial charge in [-0.2, -0.15) is 0 Å². The molecule has 7 heteroatoms. The quantitative estimate of drug-likeness (QED) is 0.884. The lowest BCUT2D eigenvalue weighted by atomic mass is 10.0. The van der Waals surface area contributed by atoms with Gasteiger partial charge in [-0.05, 0) is 43.9 Å². The highest BCUT2D eigenvalue weighted by Crippen LogP contribution is 2.18. The number of piperidine rings is 1. The van der Waals surface area contributed by atoms with Crippen molar-refractivity contribution in [2.24, 2.45) is 0 Å². The summed E-state index contributed by atoms with van der Waals surface area (Å²) in [5.74, 6) is 0.0207. The van der Waals surface area contributed by atoms with Gasteiger partial charge >= 0.3 is 0 Å². The fourth-order valence-corrected chi connectivity index (χ4v) is 3.56. The van der Waals surface area contributed by atoms with E-state index in [2.05, 4.69) is 15.3 Å². The number of amides is 2. The average Bonchev–Trinajstić information content (AvgIpc) is 3.32. The van der Waals surface area contributed by atoms with E-state index in [9.17, 15) is 9.59 Å². The molecule has 1 atom stereocenters. The predicted octanol–water partition coefficient (Wildman–Crippen LogP) is 1.46. The van der Waals surface area contributed by atoms with Gasteiger partial charge < -0.3 is 19.9 Å². The second-order valence-electron chi connectivity index (χ2n) is 6.71. The van der Waals surface area contributed by atoms with Crippen LogP contribution < -0.4 is 5.32 Å². The van der Waals surface area contributed by atoms with E-state index in [0.717, 1.165) is 36.7 Å². The van der Waals surface area contributed by atoms with Crippen LogP contribution in [0.1, 0.15) is 36.0 Å². The van der Waals surface area contributed by atoms with Gasteiger partial charge in [-0.3, -0.25) is 9.59 Å². The van der Waals surface area contributed by atoms with Gasteiger partial charge in [0.25, 0.3) is 5.91 Å². The highest BCUT2D eigenvalue weighted by molar-refractivity contribution is 5.97. The minimum atomic E-state index is -0.291. The molecule has 2 saturated heterocycles. The van der Waals surface area contributed by atoms with E-state index in [1.54, 1.807) is 6.33 Å². The van der Waals surface area contributed by atoms with Crippen molar-refractivity contribution >= 4 is 22.8 Å². The Bertz CT molecular complexity index is 773. The fraction of sp³-hybridized carbons (Fsp3) is 0.500. The molecule has 0 spiro atoms. The third kappa shape index (κ3) is 3.37. The molecule has 25 heavy (non-hydrogen) atoms. The Morgan fingerprint density at radius 1 is 1.24 bits per heavy atom. The first kappa shape index (κ1) is 16.1. The lowest BCUT2D eigenvalue weighted by molar-refractivity contribution is -0.131. The second-order valence-corrected chi connectivity index (χ2v) is 6.71. The number of hydrogen-bond acceptors (Lipinski definition) is 4. The molecular weight excluding hydrogens is 320 g/mol. The van der Waals surface area contributed by atoms with E-state index >= 15 is 0 Å². The van der Waals surface area contributed by atoms with Crippen molar-refractivity contribution in [2.45, 2.75) is 37.8 Å². The number of aromatic nitrogens is 2. The van der Waals surface area contributed by atoms with Crippen LogP contribution in [0.2, 0.25) is 0 Å². The number of H-pyrrole nitrogens is 1. The van der Waals surface area contributed by atoms with Gasteiger partial charge in [0, 0.05) is 31.3 Å². The molecule has 7 nitrogen and oxygen atoms in total. The third-order valence-corrected chi connectivity index (χ3v) is 5.02. The number of rotatable bonds is 3. The maximum atomic E-state index is 12.7. The monoisotopic (exact) mass is 342 g/mol. The Morgan fingerprint density at radius 3 is 2.84 bits per heavy atom. The van der Waals surface area contributed by atoms with Crippen molar-refractivity contribution in [1.82, 2.24) is 20.2 Å². The maximum absolute atomic E-state index is 12.7. The number of likely N-dealkylation sites (tertiary alicyclic amines) is 1. The normalized spacial score (nSPS) is 21.6. The van der Waals surface area contributed by atoms with Crippen LogP contribution in [0.5, 0.6) is 0 Å². The zero-order chi connectivity index (χ0) is 17.2. The summed E-state index contributed by atoms with van der Waals surface area (Å²) in [4.78, 5) is 33.9. The summed E-state index contributed by atoms with van der Waals surface area (Å²) in [7, 11) is 0. The Labute approximate surface area is 145 Å². The second kappa shape index (κ2) is 6.84. The SMILES string of the molecule is O=C(NC1CCN(C(=O)c2ccc3nc[nH]c3c2)CC1)C1CCCO1. The number of carbonyl (C=O) groups is 2. The summed E-state index contributed by atoms with van der Waals surface area (Å²) in [5.41, 5.74) is 2.38. The molecule has 2 aliphatic rings. The van der Waals surface area contributed by atoms with Gasteiger partial charge in [0.2, 0.25) is 5.91 Å². The molecule has 2 N–H and O–H groups in total. The van der Waals surface area contributed by atoms with E-state index in [4.69, 9.17) is 4.74 Å². The molecule has 4 rings (SSSR count). The third-order valence-electron chi connectivity index (χ3n) is 5.02. The molecule has 0 bridgehead atoms. The predicted molar refractivity (Wildman–Crippen MR) is 92.1 cm³/mol. The lowest BCUT2D eigenvalue weighted by Gasteiger charge is -2.33. The summed E-state index contributed by atoms with van der Waals surface area (Å²) in [6.07, 6.45) is 4.64. The molecule has 132 valence electrons. The summed E-state index contributed by atoms with van der Waals surface area (Å²) < 4.78 is 5.42. The van der Waals surface area contributed by atoms with Crippen molar-refractivity contribution in [1.29, 1.82) is 0 Å². The average molecular weight is 342 g/mol. The molecule has 0 radical (unpaired) electrons. The standard InChI is InChI=1S/C18H22N4O3/c23-17(16-2-1-9-25-16)21-13-5-7-22(8-6-13)18(24)12-3-4-14-15(10-12)20-11-19-14/h3-4,10-11,13,16H,1-2,5-9H2,(H,19,20)(H,21,23). The van der Waals surface area contributed by atoms with Crippen LogP contribution in [0.3, 0.4) is 0 Å². The smallest absolute Gasteiger partial charge is 0.253 e. The van der Waals surface area contributed by atoms with Crippen molar-refractivity contribution in [3.63, 3.8) is 0 Å². The van der Waals surface area contributed by atoms with Gasteiger partial charge in [-0.25, -0.2) is 4.98 Å². The molecule has 1 unspecified atom stereocenters. The molecule has 1 aromatic carbocycles. The van der Waals surface area contributed by atoms with Crippen molar-refractivity contribution < 1.29 is 14.3 Å². The Morgan fingerprint density at radius 2 is 2.08 bits per heavy atom. The Kier molecular flexibility index (Phi) is 4.40. The van der Waals surface area contributed by atoms with Gasteiger partial charge in [0.15, 0.2) is 0 Å². The number of carbonyl (C=O) groups excluding carboxylic acids is 2. The number of ether oxygens (including phenoxy) is 1. The largest absolute Gasteiger partial charge is 0.368 e. The molecule has 2 fully saturated rings. The van der Waals surface area contributed by atoms with E-state index in [0.29, 0.717) is 25.3 Å². The number of fused-ring (bicyclic) bond motifs is 1. The minimum absolute atomic E-state index is 0.00743. The zero-order valence-corrected chi connectivity index (χ0v) is 14.0. The van der Waals surface area contributed by atoms with E-state index in [1.165, 1.54) is 0 Å². The fourth-order valence-electron chi connectivity index (χ4n) is 3.56. The molecule has 2 aliphatic heterocycles. The molecule has 0 aliphatic carbocycles. The van der Waals surface area contributed by atoms with Crippen molar-refractivity contribution in [3.05, 3.63) is 30.1 Å². The first-order valence-corrected chi connectivity index (χ1v) is 8.85. The van der Waals surface area contributed by atoms with Crippen LogP contribution in [-0.4, -0.2) is 58.5 Å². The number of imidazole rings is 1. The molecule has 1 aromatic heterocycles. The summed E-state index contributed by atoms with van der Waals surface area (Å²) >= 11 is 0. The summed E-state index contributed by atoms with van der Waals surface area (Å²) in [5, 5.41) is 3.07. The topological polar surface area (TPSA) is 87.3 Å². The highest BCUT2D eigenvalue weighted by atomic mass is 16.5. The Balaban J connectivity index is 1.33. The molecule has 3 heterocycles. The zero-order valence-electron chi connectivity index (χ0n) is 14.0. The first-order chi connectivity index (χ1) is 12.2. The van der Waals surface area contributed by atoms with Gasteiger partial charge in [-0.1, -0.05) is 0 Å². The van der Waals surface area contributed by atoms with Crippen LogP contribution in [0, 0.1) is 0 Å². The lowest BCUT2D eigenvalue weighted by Crippen LogP contribution is -2.48. The number of nitrogens with zero attached hydrogens (tertiary/aromatic N) is 2. The molecule has 2 amide bonds. The first-order valence-electron chi connectivity index (χ1n) is 8.85. The van der Waals surface area contributed by atoms with E-state index < -0.39 is 0 Å². The van der Waals surface area contributed by atoms with Crippen LogP contribution in [0.4, 0.5) is 0 Å². The maximum Gasteiger partial charge on any atom is 0.253 e. The van der Waals surface area contributed by atoms with Gasteiger partial charge in [-0.15, -0.1) is 0 Å². The van der Waals surface area contributed by atoms with Crippen LogP contribution >= 0.6 is 0 Å². The van der Waals surface area contributed by atoms with Crippen LogP contribution in [-0.2, 0) is 9.53 Å². The van der Waals surface area contributed by atoms with Crippen LogP contribution in [0.25, 0.3) is 11.0 Å². The van der Waals surface area contributed by atoms with Crippen molar-refractivity contribution in [3.8, 4) is 0 Å². The van der Waals surface area contributed by atoms with E-state index in [-0.39, 0.29) is 24.0 Å². The summed E-state index contributed by atoms with van der Waals surface area (Å²) in [6, 6.07) is 5.64. The van der Waals surface area contributed by atoms with Gasteiger partial charge in [0.1, 0.15) is 6.10 Å². The molecule has 2 aromatic rings. The van der Waals surface area contributed by atoms with E-state index in [1.807, 2.05) is 23.1 Å². The number of hydrogen-bond donors (Lipinski definition) is 2. The Hall–Kier alpha value is -2.41.